The Hall–Kier alpha value is -2.93. The van der Waals surface area contributed by atoms with Crippen molar-refractivity contribution in [3.63, 3.8) is 0 Å². The number of nitrogens with one attached hydrogen (secondary N) is 2. The van der Waals surface area contributed by atoms with Gasteiger partial charge in [-0.3, -0.25) is 0 Å². The van der Waals surface area contributed by atoms with Crippen molar-refractivity contribution in [1.82, 2.24) is 10.6 Å². The Morgan fingerprint density at radius 1 is 1.18 bits per heavy atom. The van der Waals surface area contributed by atoms with Crippen LogP contribution in [0.4, 0.5) is 9.59 Å². The first-order chi connectivity index (χ1) is 13.3. The van der Waals surface area contributed by atoms with E-state index in [1.54, 1.807) is 20.8 Å². The van der Waals surface area contributed by atoms with Crippen LogP contribution < -0.4 is 10.6 Å². The van der Waals surface area contributed by atoms with Crippen LogP contribution in [0.15, 0.2) is 35.4 Å². The lowest BCUT2D eigenvalue weighted by Gasteiger charge is -2.34. The molecular formula is C19H27N5O4. The van der Waals surface area contributed by atoms with Crippen molar-refractivity contribution >= 4 is 12.2 Å². The van der Waals surface area contributed by atoms with Crippen LogP contribution in [0.25, 0.3) is 10.4 Å². The molecule has 0 aromatic heterocycles. The second-order valence-corrected chi connectivity index (χ2v) is 7.74. The molecule has 3 atom stereocenters. The third-order valence-electron chi connectivity index (χ3n) is 4.25. The summed E-state index contributed by atoms with van der Waals surface area (Å²) in [6, 6.07) is 8.37. The van der Waals surface area contributed by atoms with Gasteiger partial charge in [0.15, 0.2) is 0 Å². The van der Waals surface area contributed by atoms with E-state index in [2.05, 4.69) is 20.7 Å². The first-order valence-corrected chi connectivity index (χ1v) is 9.28. The molecule has 3 unspecified atom stereocenters. The Kier molecular flexibility index (Phi) is 7.52. The van der Waals surface area contributed by atoms with Crippen molar-refractivity contribution < 1.29 is 19.1 Å². The van der Waals surface area contributed by atoms with Gasteiger partial charge >= 0.3 is 12.2 Å². The highest BCUT2D eigenvalue weighted by Gasteiger charge is 2.33. The molecule has 0 heterocycles. The molecule has 0 saturated heterocycles. The predicted octanol–water partition coefficient (Wildman–Crippen LogP) is 4.04. The molecule has 0 aliphatic heterocycles. The predicted molar refractivity (Wildman–Crippen MR) is 103 cm³/mol. The van der Waals surface area contributed by atoms with Crippen LogP contribution in [0, 0.1) is 0 Å². The van der Waals surface area contributed by atoms with E-state index in [1.165, 1.54) is 0 Å². The standard InChI is InChI=1S/C19H27N5O4/c1-19(2,3)28-18(26)22-16-11-14(9-10-15(16)23-24-20)21-17(25)27-12-13-7-5-4-6-8-13/h4-8,14-16H,9-12H2,1-3H3,(H,21,25)(H,22,26). The number of hydrogen-bond acceptors (Lipinski definition) is 5. The summed E-state index contributed by atoms with van der Waals surface area (Å²) in [5, 5.41) is 9.34. The fourth-order valence-electron chi connectivity index (χ4n) is 3.04. The molecule has 9 nitrogen and oxygen atoms in total. The van der Waals surface area contributed by atoms with Crippen LogP contribution in [-0.4, -0.2) is 35.9 Å². The number of carbonyl (C=O) groups excluding carboxylic acids is 2. The van der Waals surface area contributed by atoms with Crippen LogP contribution in [0.2, 0.25) is 0 Å². The van der Waals surface area contributed by atoms with Gasteiger partial charge in [-0.1, -0.05) is 35.4 Å². The largest absolute Gasteiger partial charge is 0.445 e. The molecule has 0 spiro atoms. The molecule has 0 radical (unpaired) electrons. The van der Waals surface area contributed by atoms with Gasteiger partial charge in [0.1, 0.15) is 12.2 Å². The number of nitrogens with zero attached hydrogens (tertiary/aromatic N) is 3. The summed E-state index contributed by atoms with van der Waals surface area (Å²) in [6.45, 7) is 5.49. The molecule has 1 aliphatic rings. The van der Waals surface area contributed by atoms with Crippen molar-refractivity contribution in [2.24, 2.45) is 5.11 Å². The van der Waals surface area contributed by atoms with Crippen molar-refractivity contribution in [1.29, 1.82) is 0 Å². The van der Waals surface area contributed by atoms with Gasteiger partial charge in [0.2, 0.25) is 0 Å². The van der Waals surface area contributed by atoms with Gasteiger partial charge in [0.05, 0.1) is 6.04 Å². The van der Waals surface area contributed by atoms with Crippen LogP contribution in [-0.2, 0) is 16.1 Å². The van der Waals surface area contributed by atoms with E-state index in [-0.39, 0.29) is 12.6 Å². The summed E-state index contributed by atoms with van der Waals surface area (Å²) in [5.74, 6) is 0. The quantitative estimate of drug-likeness (QED) is 0.448. The lowest BCUT2D eigenvalue weighted by atomic mass is 9.87. The van der Waals surface area contributed by atoms with Gasteiger partial charge in [-0.05, 0) is 51.1 Å². The van der Waals surface area contributed by atoms with Gasteiger partial charge < -0.3 is 20.1 Å². The second-order valence-electron chi connectivity index (χ2n) is 7.74. The minimum Gasteiger partial charge on any atom is -0.445 e. The van der Waals surface area contributed by atoms with Crippen molar-refractivity contribution in [3.05, 3.63) is 46.3 Å². The van der Waals surface area contributed by atoms with E-state index in [0.717, 1.165) is 5.56 Å². The zero-order chi connectivity index (χ0) is 20.6. The van der Waals surface area contributed by atoms with E-state index in [9.17, 15) is 9.59 Å². The van der Waals surface area contributed by atoms with Gasteiger partial charge in [-0.25, -0.2) is 9.59 Å². The Morgan fingerprint density at radius 2 is 1.89 bits per heavy atom. The third-order valence-corrected chi connectivity index (χ3v) is 4.25. The van der Waals surface area contributed by atoms with Crippen LogP contribution in [0.1, 0.15) is 45.6 Å². The van der Waals surface area contributed by atoms with E-state index in [1.807, 2.05) is 30.3 Å². The minimum absolute atomic E-state index is 0.181. The van der Waals surface area contributed by atoms with Gasteiger partial charge in [-0.2, -0.15) is 0 Å². The number of amides is 2. The van der Waals surface area contributed by atoms with Crippen LogP contribution in [0.5, 0.6) is 0 Å². The Bertz CT molecular complexity index is 713. The molecule has 1 aliphatic carbocycles. The van der Waals surface area contributed by atoms with Gasteiger partial charge in [-0.15, -0.1) is 0 Å². The molecule has 1 aromatic carbocycles. The van der Waals surface area contributed by atoms with E-state index in [0.29, 0.717) is 19.3 Å². The monoisotopic (exact) mass is 389 g/mol. The molecule has 9 heteroatoms. The Labute approximate surface area is 164 Å². The number of benzene rings is 1. The topological polar surface area (TPSA) is 125 Å². The number of azide groups is 1. The molecule has 2 rings (SSSR count). The highest BCUT2D eigenvalue weighted by molar-refractivity contribution is 5.69. The van der Waals surface area contributed by atoms with Crippen molar-refractivity contribution in [2.45, 2.75) is 70.4 Å². The van der Waals surface area contributed by atoms with Crippen molar-refractivity contribution in [2.75, 3.05) is 0 Å². The molecule has 152 valence electrons. The minimum atomic E-state index is -0.633. The zero-order valence-electron chi connectivity index (χ0n) is 16.4. The number of carbonyl (C=O) groups is 2. The van der Waals surface area contributed by atoms with Crippen molar-refractivity contribution in [3.8, 4) is 0 Å². The normalized spacial score (nSPS) is 21.8. The summed E-state index contributed by atoms with van der Waals surface area (Å²) in [7, 11) is 0. The Balaban J connectivity index is 1.89. The third kappa shape index (κ3) is 7.36. The summed E-state index contributed by atoms with van der Waals surface area (Å²) in [4.78, 5) is 27.0. The van der Waals surface area contributed by atoms with Gasteiger partial charge in [0, 0.05) is 17.0 Å². The van der Waals surface area contributed by atoms with Crippen LogP contribution >= 0.6 is 0 Å². The highest BCUT2D eigenvalue weighted by Crippen LogP contribution is 2.23. The van der Waals surface area contributed by atoms with E-state index >= 15 is 0 Å². The number of ether oxygens (including phenoxy) is 2. The fourth-order valence-corrected chi connectivity index (χ4v) is 3.04. The van der Waals surface area contributed by atoms with Crippen LogP contribution in [0.3, 0.4) is 0 Å². The SMILES string of the molecule is CC(C)(C)OC(=O)NC1CC(NC(=O)OCc2ccccc2)CCC1N=[N+]=[N-]. The lowest BCUT2D eigenvalue weighted by molar-refractivity contribution is 0.0480. The number of hydrogen-bond donors (Lipinski definition) is 2. The maximum atomic E-state index is 12.1. The first kappa shape index (κ1) is 21.4. The maximum Gasteiger partial charge on any atom is 0.407 e. The van der Waals surface area contributed by atoms with Gasteiger partial charge in [0.25, 0.3) is 0 Å². The summed E-state index contributed by atoms with van der Waals surface area (Å²) >= 11 is 0. The molecule has 1 fully saturated rings. The molecule has 2 N–H and O–H groups in total. The van der Waals surface area contributed by atoms with E-state index < -0.39 is 29.9 Å². The zero-order valence-corrected chi connectivity index (χ0v) is 16.4. The summed E-state index contributed by atoms with van der Waals surface area (Å²) < 4.78 is 10.5. The summed E-state index contributed by atoms with van der Waals surface area (Å²) in [6.07, 6.45) is 0.476. The second kappa shape index (κ2) is 9.85. The molecule has 28 heavy (non-hydrogen) atoms. The molecule has 0 bridgehead atoms. The molecular weight excluding hydrogens is 362 g/mol. The molecule has 1 aromatic rings. The highest BCUT2D eigenvalue weighted by atomic mass is 16.6. The van der Waals surface area contributed by atoms with E-state index in [4.69, 9.17) is 15.0 Å². The summed E-state index contributed by atoms with van der Waals surface area (Å²) in [5.41, 5.74) is 9.04. The average molecular weight is 389 g/mol. The average Bonchev–Trinajstić information content (AvgIpc) is 2.61. The maximum absolute atomic E-state index is 12.1. The molecule has 1 saturated carbocycles. The molecule has 2 amide bonds. The first-order valence-electron chi connectivity index (χ1n) is 9.28. The number of alkyl carbamates (subject to hydrolysis) is 2. The smallest absolute Gasteiger partial charge is 0.407 e. The number of rotatable bonds is 5. The fraction of sp³-hybridized carbons (Fsp3) is 0.579. The lowest BCUT2D eigenvalue weighted by Crippen LogP contribution is -2.52. The Morgan fingerprint density at radius 3 is 2.54 bits per heavy atom.